The lowest BCUT2D eigenvalue weighted by atomic mass is 10.1. The lowest BCUT2D eigenvalue weighted by Gasteiger charge is -2.00. The highest BCUT2D eigenvalue weighted by Gasteiger charge is 2.06. The minimum absolute atomic E-state index is 0.125. The van der Waals surface area contributed by atoms with Gasteiger partial charge in [0.25, 0.3) is 0 Å². The third-order valence-electron chi connectivity index (χ3n) is 1.43. The van der Waals surface area contributed by atoms with Gasteiger partial charge in [-0.2, -0.15) is 0 Å². The van der Waals surface area contributed by atoms with Gasteiger partial charge >= 0.3 is 0 Å². The predicted octanol–water partition coefficient (Wildman–Crippen LogP) is 2.55. The normalized spacial score (nSPS) is 9.73. The minimum Gasteiger partial charge on any atom is -0.298 e. The van der Waals surface area contributed by atoms with Crippen LogP contribution in [0.2, 0.25) is 0 Å². The number of aldehydes is 1. The molecule has 11 heavy (non-hydrogen) atoms. The van der Waals surface area contributed by atoms with Crippen LogP contribution in [0.25, 0.3) is 0 Å². The number of aryl methyl sites for hydroxylation is 1. The maximum absolute atomic E-state index is 13.0. The largest absolute Gasteiger partial charge is 0.298 e. The van der Waals surface area contributed by atoms with Gasteiger partial charge in [-0.1, -0.05) is 6.07 Å². The molecule has 1 rings (SSSR count). The average Bonchev–Trinajstić information content (AvgIpc) is 2.01. The zero-order chi connectivity index (χ0) is 8.43. The highest BCUT2D eigenvalue weighted by atomic mass is 127. The molecule has 1 aromatic rings. The van der Waals surface area contributed by atoms with Crippen molar-refractivity contribution in [2.75, 3.05) is 0 Å². The molecule has 0 bridgehead atoms. The first-order valence-corrected chi connectivity index (χ1v) is 4.14. The van der Waals surface area contributed by atoms with Crippen molar-refractivity contribution in [3.05, 3.63) is 32.6 Å². The second kappa shape index (κ2) is 3.30. The van der Waals surface area contributed by atoms with E-state index >= 15 is 0 Å². The molecule has 0 fully saturated rings. The summed E-state index contributed by atoms with van der Waals surface area (Å²) in [5, 5.41) is 0. The first-order chi connectivity index (χ1) is 5.16. The summed E-state index contributed by atoms with van der Waals surface area (Å²) in [4.78, 5) is 10.2. The molecule has 0 aliphatic heterocycles. The topological polar surface area (TPSA) is 17.1 Å². The van der Waals surface area contributed by atoms with E-state index in [0.29, 0.717) is 9.86 Å². The van der Waals surface area contributed by atoms with E-state index in [1.165, 1.54) is 6.07 Å². The SMILES string of the molecule is Cc1ccc(C=O)c(F)c1I. The van der Waals surface area contributed by atoms with Gasteiger partial charge in [-0.05, 0) is 41.1 Å². The fraction of sp³-hybridized carbons (Fsp3) is 0.125. The molecule has 0 saturated carbocycles. The van der Waals surface area contributed by atoms with Crippen molar-refractivity contribution < 1.29 is 9.18 Å². The molecule has 1 nitrogen and oxygen atoms in total. The van der Waals surface area contributed by atoms with Gasteiger partial charge in [0.05, 0.1) is 9.13 Å². The lowest BCUT2D eigenvalue weighted by molar-refractivity contribution is 0.111. The van der Waals surface area contributed by atoms with Gasteiger partial charge in [0.15, 0.2) is 6.29 Å². The quantitative estimate of drug-likeness (QED) is 0.562. The fourth-order valence-electron chi connectivity index (χ4n) is 0.752. The highest BCUT2D eigenvalue weighted by molar-refractivity contribution is 14.1. The van der Waals surface area contributed by atoms with Crippen LogP contribution in [0, 0.1) is 16.3 Å². The van der Waals surface area contributed by atoms with Gasteiger partial charge < -0.3 is 0 Å². The number of benzene rings is 1. The molecule has 0 aliphatic carbocycles. The van der Waals surface area contributed by atoms with Crippen LogP contribution in [0.15, 0.2) is 12.1 Å². The van der Waals surface area contributed by atoms with Crippen molar-refractivity contribution in [2.24, 2.45) is 0 Å². The second-order valence-electron chi connectivity index (χ2n) is 2.22. The lowest BCUT2D eigenvalue weighted by Crippen LogP contribution is -1.93. The van der Waals surface area contributed by atoms with Crippen LogP contribution in [-0.4, -0.2) is 6.29 Å². The van der Waals surface area contributed by atoms with Crippen molar-refractivity contribution in [3.63, 3.8) is 0 Å². The summed E-state index contributed by atoms with van der Waals surface area (Å²) in [6.45, 7) is 1.80. The smallest absolute Gasteiger partial charge is 0.153 e. The molecule has 0 unspecified atom stereocenters. The van der Waals surface area contributed by atoms with Crippen LogP contribution in [0.1, 0.15) is 15.9 Å². The van der Waals surface area contributed by atoms with Crippen LogP contribution in [0.5, 0.6) is 0 Å². The summed E-state index contributed by atoms with van der Waals surface area (Å²) in [5.74, 6) is -0.416. The van der Waals surface area contributed by atoms with Crippen molar-refractivity contribution in [3.8, 4) is 0 Å². The first-order valence-electron chi connectivity index (χ1n) is 3.06. The van der Waals surface area contributed by atoms with E-state index in [9.17, 15) is 9.18 Å². The van der Waals surface area contributed by atoms with E-state index in [-0.39, 0.29) is 5.56 Å². The molecule has 0 amide bonds. The van der Waals surface area contributed by atoms with Crippen molar-refractivity contribution >= 4 is 28.9 Å². The molecule has 0 heterocycles. The van der Waals surface area contributed by atoms with Gasteiger partial charge in [0, 0.05) is 0 Å². The Bertz CT molecular complexity index is 296. The maximum Gasteiger partial charge on any atom is 0.153 e. The van der Waals surface area contributed by atoms with Crippen LogP contribution < -0.4 is 0 Å². The first kappa shape index (κ1) is 8.64. The average molecular weight is 264 g/mol. The summed E-state index contributed by atoms with van der Waals surface area (Å²) < 4.78 is 13.5. The molecular weight excluding hydrogens is 258 g/mol. The monoisotopic (exact) mass is 264 g/mol. The maximum atomic E-state index is 13.0. The van der Waals surface area contributed by atoms with E-state index in [1.807, 2.05) is 22.6 Å². The number of carbonyl (C=O) groups is 1. The van der Waals surface area contributed by atoms with Gasteiger partial charge in [-0.25, -0.2) is 4.39 Å². The van der Waals surface area contributed by atoms with Gasteiger partial charge in [-0.15, -0.1) is 0 Å². The molecule has 0 atom stereocenters. The molecule has 0 saturated heterocycles. The van der Waals surface area contributed by atoms with Crippen molar-refractivity contribution in [1.82, 2.24) is 0 Å². The Morgan fingerprint density at radius 2 is 2.18 bits per heavy atom. The third-order valence-corrected chi connectivity index (χ3v) is 2.76. The Hall–Kier alpha value is -0.450. The Morgan fingerprint density at radius 3 is 2.73 bits per heavy atom. The molecule has 3 heteroatoms. The number of halogens is 2. The molecule has 0 aliphatic rings. The summed E-state index contributed by atoms with van der Waals surface area (Å²) >= 11 is 1.88. The van der Waals surface area contributed by atoms with E-state index in [4.69, 9.17) is 0 Å². The van der Waals surface area contributed by atoms with E-state index in [0.717, 1.165) is 5.56 Å². The van der Waals surface area contributed by atoms with Crippen LogP contribution in [0.4, 0.5) is 4.39 Å². The zero-order valence-electron chi connectivity index (χ0n) is 5.90. The Balaban J connectivity index is 3.36. The van der Waals surface area contributed by atoms with E-state index in [2.05, 4.69) is 0 Å². The second-order valence-corrected chi connectivity index (χ2v) is 3.30. The predicted molar refractivity (Wildman–Crippen MR) is 49.2 cm³/mol. The van der Waals surface area contributed by atoms with Crippen molar-refractivity contribution in [2.45, 2.75) is 6.92 Å². The molecule has 0 N–H and O–H groups in total. The standard InChI is InChI=1S/C8H6FIO/c1-5-2-3-6(4-11)7(9)8(5)10/h2-4H,1H3. The molecular formula is C8H6FIO. The number of carbonyl (C=O) groups excluding carboxylic acids is 1. The summed E-state index contributed by atoms with van der Waals surface area (Å²) in [6.07, 6.45) is 0.525. The zero-order valence-corrected chi connectivity index (χ0v) is 8.05. The summed E-state index contributed by atoms with van der Waals surface area (Å²) in [7, 11) is 0. The van der Waals surface area contributed by atoms with Gasteiger partial charge in [0.2, 0.25) is 0 Å². The van der Waals surface area contributed by atoms with E-state index in [1.54, 1.807) is 13.0 Å². The number of hydrogen-bond acceptors (Lipinski definition) is 1. The Morgan fingerprint density at radius 1 is 1.55 bits per heavy atom. The van der Waals surface area contributed by atoms with Crippen LogP contribution >= 0.6 is 22.6 Å². The number of rotatable bonds is 1. The van der Waals surface area contributed by atoms with Crippen molar-refractivity contribution in [1.29, 1.82) is 0 Å². The van der Waals surface area contributed by atoms with Gasteiger partial charge in [0.1, 0.15) is 5.82 Å². The third kappa shape index (κ3) is 1.58. The van der Waals surface area contributed by atoms with E-state index < -0.39 is 5.82 Å². The highest BCUT2D eigenvalue weighted by Crippen LogP contribution is 2.17. The van der Waals surface area contributed by atoms with Crippen LogP contribution in [0.3, 0.4) is 0 Å². The minimum atomic E-state index is -0.416. The van der Waals surface area contributed by atoms with Crippen LogP contribution in [-0.2, 0) is 0 Å². The molecule has 0 spiro atoms. The molecule has 0 radical (unpaired) electrons. The summed E-state index contributed by atoms with van der Waals surface area (Å²) in [6, 6.07) is 3.22. The molecule has 1 aromatic carbocycles. The Labute approximate surface area is 77.8 Å². The summed E-state index contributed by atoms with van der Waals surface area (Å²) in [5.41, 5.74) is 0.980. The Kier molecular flexibility index (Phi) is 2.59. The van der Waals surface area contributed by atoms with Gasteiger partial charge in [-0.3, -0.25) is 4.79 Å². The molecule has 0 aromatic heterocycles. The fourth-order valence-corrected chi connectivity index (χ4v) is 1.24. The molecule has 58 valence electrons. The number of hydrogen-bond donors (Lipinski definition) is 0.